The van der Waals surface area contributed by atoms with Gasteiger partial charge in [0, 0.05) is 6.08 Å². The molecule has 0 N–H and O–H groups in total. The molecule has 0 amide bonds. The SMILES string of the molecule is C#CCOCCOCCOCCOCCOCCOCCOCCOCCOCCOC(=O)C=C. The molecular weight excluding hydrogens is 464 g/mol. The maximum atomic E-state index is 10.8. The highest BCUT2D eigenvalue weighted by atomic mass is 16.6. The predicted octanol–water partition coefficient (Wildman–Crippen LogP) is 0.498. The van der Waals surface area contributed by atoms with Crippen LogP contribution in [-0.4, -0.2) is 132 Å². The summed E-state index contributed by atoms with van der Waals surface area (Å²) in [6, 6.07) is 0. The summed E-state index contributed by atoms with van der Waals surface area (Å²) in [5.74, 6) is 1.93. The van der Waals surface area contributed by atoms with E-state index >= 15 is 0 Å². The van der Waals surface area contributed by atoms with Crippen LogP contribution < -0.4 is 0 Å². The van der Waals surface area contributed by atoms with Crippen molar-refractivity contribution in [1.82, 2.24) is 0 Å². The van der Waals surface area contributed by atoms with Crippen LogP contribution in [0.25, 0.3) is 0 Å². The van der Waals surface area contributed by atoms with Crippen LogP contribution in [0.1, 0.15) is 0 Å². The van der Waals surface area contributed by atoms with Crippen LogP contribution in [0, 0.1) is 12.3 Å². The number of carbonyl (C=O) groups is 1. The van der Waals surface area contributed by atoms with Crippen LogP contribution >= 0.6 is 0 Å². The van der Waals surface area contributed by atoms with E-state index < -0.39 is 5.97 Å². The van der Waals surface area contributed by atoms with E-state index in [0.717, 1.165) is 6.08 Å². The third-order valence-electron chi connectivity index (χ3n) is 3.80. The van der Waals surface area contributed by atoms with Crippen molar-refractivity contribution >= 4 is 5.97 Å². The molecule has 35 heavy (non-hydrogen) atoms. The zero-order valence-corrected chi connectivity index (χ0v) is 20.8. The Hall–Kier alpha value is -1.59. The Morgan fingerprint density at radius 2 is 0.771 bits per heavy atom. The normalized spacial score (nSPS) is 10.8. The topological polar surface area (TPSA) is 109 Å². The lowest BCUT2D eigenvalue weighted by molar-refractivity contribution is -0.139. The molecule has 11 nitrogen and oxygen atoms in total. The molecule has 0 saturated heterocycles. The number of terminal acetylenes is 1. The van der Waals surface area contributed by atoms with Gasteiger partial charge in [-0.3, -0.25) is 0 Å². The van der Waals surface area contributed by atoms with Gasteiger partial charge in [-0.15, -0.1) is 6.42 Å². The van der Waals surface area contributed by atoms with Gasteiger partial charge in [-0.05, 0) is 0 Å². The smallest absolute Gasteiger partial charge is 0.330 e. The van der Waals surface area contributed by atoms with Gasteiger partial charge < -0.3 is 47.4 Å². The first kappa shape index (κ1) is 33.4. The predicted molar refractivity (Wildman–Crippen MR) is 127 cm³/mol. The second-order valence-corrected chi connectivity index (χ2v) is 6.53. The molecule has 0 aliphatic heterocycles. The lowest BCUT2D eigenvalue weighted by atomic mass is 10.6. The molecule has 0 spiro atoms. The third-order valence-corrected chi connectivity index (χ3v) is 3.80. The highest BCUT2D eigenvalue weighted by molar-refractivity contribution is 5.81. The Morgan fingerprint density at radius 1 is 0.514 bits per heavy atom. The number of ether oxygens (including phenoxy) is 10. The minimum Gasteiger partial charge on any atom is -0.460 e. The van der Waals surface area contributed by atoms with E-state index in [-0.39, 0.29) is 6.61 Å². The zero-order valence-electron chi connectivity index (χ0n) is 20.8. The molecule has 0 radical (unpaired) electrons. The average Bonchev–Trinajstić information content (AvgIpc) is 2.87. The van der Waals surface area contributed by atoms with Gasteiger partial charge in [-0.2, -0.15) is 0 Å². The Morgan fingerprint density at radius 3 is 1.03 bits per heavy atom. The quantitative estimate of drug-likeness (QED) is 0.0612. The van der Waals surface area contributed by atoms with E-state index in [1.807, 2.05) is 0 Å². The van der Waals surface area contributed by atoms with Crippen LogP contribution in [-0.2, 0) is 52.2 Å². The second-order valence-electron chi connectivity index (χ2n) is 6.53. The summed E-state index contributed by atoms with van der Waals surface area (Å²) in [4.78, 5) is 10.8. The van der Waals surface area contributed by atoms with E-state index in [0.29, 0.717) is 119 Å². The summed E-state index contributed by atoms with van der Waals surface area (Å²) in [5, 5.41) is 0. The number of rotatable bonds is 29. The summed E-state index contributed by atoms with van der Waals surface area (Å²) in [5.41, 5.74) is 0. The Balaban J connectivity index is 3.04. The third kappa shape index (κ3) is 30.4. The van der Waals surface area contributed by atoms with Gasteiger partial charge in [0.1, 0.15) is 13.2 Å². The molecule has 0 rings (SSSR count). The van der Waals surface area contributed by atoms with E-state index in [4.69, 9.17) is 53.8 Å². The first-order valence-electron chi connectivity index (χ1n) is 11.7. The molecule has 204 valence electrons. The largest absolute Gasteiger partial charge is 0.460 e. The Kier molecular flexibility index (Phi) is 29.1. The Labute approximate surface area is 209 Å². The summed E-state index contributed by atoms with van der Waals surface area (Å²) >= 11 is 0. The fourth-order valence-electron chi connectivity index (χ4n) is 2.15. The van der Waals surface area contributed by atoms with Crippen molar-refractivity contribution in [2.24, 2.45) is 0 Å². The molecule has 0 atom stereocenters. The molecule has 0 bridgehead atoms. The van der Waals surface area contributed by atoms with Gasteiger partial charge in [0.25, 0.3) is 0 Å². The van der Waals surface area contributed by atoms with Gasteiger partial charge in [-0.1, -0.05) is 12.5 Å². The van der Waals surface area contributed by atoms with Crippen molar-refractivity contribution in [3.8, 4) is 12.3 Å². The number of carbonyl (C=O) groups excluding carboxylic acids is 1. The molecule has 0 heterocycles. The van der Waals surface area contributed by atoms with Crippen LogP contribution in [0.2, 0.25) is 0 Å². The summed E-state index contributed by atoms with van der Waals surface area (Å²) in [7, 11) is 0. The molecule has 0 saturated carbocycles. The van der Waals surface area contributed by atoms with Crippen molar-refractivity contribution in [3.05, 3.63) is 12.7 Å². The van der Waals surface area contributed by atoms with Crippen LogP contribution in [0.5, 0.6) is 0 Å². The standard InChI is InChI=1S/C24H42O11/c1-3-5-26-6-7-27-8-9-28-10-11-29-12-13-30-14-15-31-16-17-32-18-19-33-20-21-34-22-23-35-24(25)4-2/h1,4H,2,5-23H2. The second kappa shape index (κ2) is 30.4. The monoisotopic (exact) mass is 506 g/mol. The molecule has 0 unspecified atom stereocenters. The number of hydrogen-bond acceptors (Lipinski definition) is 11. The van der Waals surface area contributed by atoms with E-state index in [1.54, 1.807) is 0 Å². The van der Waals surface area contributed by atoms with Gasteiger partial charge in [0.05, 0.1) is 112 Å². The Bertz CT molecular complexity index is 496. The lowest BCUT2D eigenvalue weighted by Crippen LogP contribution is -2.15. The van der Waals surface area contributed by atoms with Crippen LogP contribution in [0.3, 0.4) is 0 Å². The number of hydrogen-bond donors (Lipinski definition) is 0. The molecule has 0 fully saturated rings. The zero-order chi connectivity index (χ0) is 25.5. The van der Waals surface area contributed by atoms with Crippen molar-refractivity contribution in [1.29, 1.82) is 0 Å². The summed E-state index contributed by atoms with van der Waals surface area (Å²) in [6.45, 7) is 12.0. The maximum absolute atomic E-state index is 10.8. The fraction of sp³-hybridized carbons (Fsp3) is 0.792. The van der Waals surface area contributed by atoms with Crippen molar-refractivity contribution in [2.75, 3.05) is 126 Å². The highest BCUT2D eigenvalue weighted by Crippen LogP contribution is 1.86. The minimum atomic E-state index is -0.458. The summed E-state index contributed by atoms with van der Waals surface area (Å²) in [6.07, 6.45) is 6.17. The van der Waals surface area contributed by atoms with Gasteiger partial charge in [0.2, 0.25) is 0 Å². The van der Waals surface area contributed by atoms with Crippen molar-refractivity contribution in [2.45, 2.75) is 0 Å². The van der Waals surface area contributed by atoms with Crippen LogP contribution in [0.4, 0.5) is 0 Å². The van der Waals surface area contributed by atoms with Crippen molar-refractivity contribution < 1.29 is 52.2 Å². The molecule has 11 heteroatoms. The first-order chi connectivity index (χ1) is 17.3. The summed E-state index contributed by atoms with van der Waals surface area (Å²) < 4.78 is 52.8. The number of esters is 1. The highest BCUT2D eigenvalue weighted by Gasteiger charge is 1.97. The molecule has 0 aliphatic carbocycles. The maximum Gasteiger partial charge on any atom is 0.330 e. The average molecular weight is 507 g/mol. The van der Waals surface area contributed by atoms with E-state index in [1.165, 1.54) is 0 Å². The molecule has 0 aliphatic rings. The van der Waals surface area contributed by atoms with E-state index in [9.17, 15) is 4.79 Å². The van der Waals surface area contributed by atoms with Crippen LogP contribution in [0.15, 0.2) is 12.7 Å². The minimum absolute atomic E-state index is 0.200. The molecule has 0 aromatic heterocycles. The van der Waals surface area contributed by atoms with Crippen molar-refractivity contribution in [3.63, 3.8) is 0 Å². The van der Waals surface area contributed by atoms with Gasteiger partial charge in [-0.25, -0.2) is 4.79 Å². The van der Waals surface area contributed by atoms with Gasteiger partial charge >= 0.3 is 5.97 Å². The lowest BCUT2D eigenvalue weighted by Gasteiger charge is -2.08. The molecule has 0 aromatic rings. The van der Waals surface area contributed by atoms with Gasteiger partial charge in [0.15, 0.2) is 0 Å². The first-order valence-corrected chi connectivity index (χ1v) is 11.7. The molecular formula is C24H42O11. The fourth-order valence-corrected chi connectivity index (χ4v) is 2.15. The molecule has 0 aromatic carbocycles. The van der Waals surface area contributed by atoms with E-state index in [2.05, 4.69) is 12.5 Å².